The fourth-order valence-electron chi connectivity index (χ4n) is 3.25. The van der Waals surface area contributed by atoms with Crippen LogP contribution in [-0.4, -0.2) is 33.9 Å². The van der Waals surface area contributed by atoms with E-state index in [1.54, 1.807) is 17.5 Å². The van der Waals surface area contributed by atoms with E-state index in [0.717, 1.165) is 41.5 Å². The van der Waals surface area contributed by atoms with Gasteiger partial charge in [0.05, 0.1) is 23.8 Å². The summed E-state index contributed by atoms with van der Waals surface area (Å²) >= 11 is 1.61. The minimum atomic E-state index is -0.933. The van der Waals surface area contributed by atoms with E-state index >= 15 is 0 Å². The molecule has 162 valence electrons. The first kappa shape index (κ1) is 22.8. The van der Waals surface area contributed by atoms with Crippen LogP contribution in [0.3, 0.4) is 0 Å². The minimum absolute atomic E-state index is 0. The van der Waals surface area contributed by atoms with Crippen LogP contribution >= 0.6 is 23.7 Å². The topological polar surface area (TPSA) is 71.0 Å². The van der Waals surface area contributed by atoms with Crippen LogP contribution in [0.4, 0.5) is 19.7 Å². The number of aromatic nitrogens is 3. The van der Waals surface area contributed by atoms with Crippen LogP contribution in [0.25, 0.3) is 5.57 Å². The van der Waals surface area contributed by atoms with E-state index in [0.29, 0.717) is 12.2 Å². The summed E-state index contributed by atoms with van der Waals surface area (Å²) < 4.78 is 27.6. The van der Waals surface area contributed by atoms with Crippen molar-refractivity contribution in [2.75, 3.05) is 23.3 Å². The van der Waals surface area contributed by atoms with Crippen LogP contribution in [0, 0.1) is 18.6 Å². The predicted molar refractivity (Wildman–Crippen MR) is 120 cm³/mol. The Labute approximate surface area is 188 Å². The predicted octanol–water partition coefficient (Wildman–Crippen LogP) is 4.88. The van der Waals surface area contributed by atoms with Crippen molar-refractivity contribution in [3.05, 3.63) is 70.1 Å². The number of carbonyl (C=O) groups excluding carboxylic acids is 1. The number of benzene rings is 1. The molecule has 0 saturated carbocycles. The number of nitrogens with one attached hydrogen (secondary N) is 1. The molecule has 3 heterocycles. The third kappa shape index (κ3) is 4.88. The average molecular weight is 464 g/mol. The first-order valence-corrected chi connectivity index (χ1v) is 10.2. The van der Waals surface area contributed by atoms with Gasteiger partial charge in [-0.3, -0.25) is 9.78 Å². The minimum Gasteiger partial charge on any atom is -0.343 e. The molecule has 1 aliphatic rings. The highest BCUT2D eigenvalue weighted by atomic mass is 35.5. The van der Waals surface area contributed by atoms with Gasteiger partial charge in [0.1, 0.15) is 17.2 Å². The molecular formula is C21H20ClF2N5OS. The van der Waals surface area contributed by atoms with Crippen LogP contribution in [0.1, 0.15) is 35.1 Å². The Kier molecular flexibility index (Phi) is 6.97. The molecule has 2 aromatic heterocycles. The third-order valence-corrected chi connectivity index (χ3v) is 5.91. The molecule has 1 aromatic carbocycles. The highest BCUT2D eigenvalue weighted by Crippen LogP contribution is 2.30. The average Bonchev–Trinajstić information content (AvgIpc) is 3.15. The number of aryl methyl sites for hydroxylation is 1. The number of amides is 1. The molecule has 0 aliphatic carbocycles. The van der Waals surface area contributed by atoms with Gasteiger partial charge in [-0.25, -0.2) is 18.7 Å². The molecule has 1 aliphatic heterocycles. The molecular weight excluding hydrogens is 444 g/mol. The van der Waals surface area contributed by atoms with E-state index < -0.39 is 23.1 Å². The molecule has 3 aromatic rings. The molecule has 0 unspecified atom stereocenters. The van der Waals surface area contributed by atoms with Gasteiger partial charge in [0.15, 0.2) is 10.9 Å². The molecule has 31 heavy (non-hydrogen) atoms. The van der Waals surface area contributed by atoms with Crippen molar-refractivity contribution < 1.29 is 13.6 Å². The van der Waals surface area contributed by atoms with Gasteiger partial charge >= 0.3 is 0 Å². The molecule has 1 N–H and O–H groups in total. The number of rotatable bonds is 4. The number of carbonyl (C=O) groups is 1. The van der Waals surface area contributed by atoms with Crippen molar-refractivity contribution >= 4 is 46.2 Å². The number of halogens is 3. The zero-order valence-corrected chi connectivity index (χ0v) is 18.5. The largest absolute Gasteiger partial charge is 0.343 e. The lowest BCUT2D eigenvalue weighted by Gasteiger charge is -2.29. The number of anilines is 2. The summed E-state index contributed by atoms with van der Waals surface area (Å²) in [6.45, 7) is 5.59. The molecule has 0 saturated heterocycles. The summed E-state index contributed by atoms with van der Waals surface area (Å²) in [5.41, 5.74) is 3.32. The van der Waals surface area contributed by atoms with Gasteiger partial charge in [-0.2, -0.15) is 0 Å². The van der Waals surface area contributed by atoms with Crippen LogP contribution < -0.4 is 10.2 Å². The zero-order valence-electron chi connectivity index (χ0n) is 16.9. The smallest absolute Gasteiger partial charge is 0.262 e. The van der Waals surface area contributed by atoms with Crippen LogP contribution in [0.2, 0.25) is 0 Å². The second-order valence-electron chi connectivity index (χ2n) is 7.04. The second-order valence-corrected chi connectivity index (χ2v) is 7.88. The maximum absolute atomic E-state index is 13.8. The first-order valence-electron chi connectivity index (χ1n) is 9.36. The molecule has 0 spiro atoms. The van der Waals surface area contributed by atoms with E-state index in [2.05, 4.69) is 32.1 Å². The van der Waals surface area contributed by atoms with E-state index in [1.807, 2.05) is 12.3 Å². The number of thiazole rings is 1. The highest BCUT2D eigenvalue weighted by Gasteiger charge is 2.22. The zero-order chi connectivity index (χ0) is 21.3. The molecule has 4 rings (SSSR count). The molecule has 1 amide bonds. The lowest BCUT2D eigenvalue weighted by atomic mass is 9.99. The summed E-state index contributed by atoms with van der Waals surface area (Å²) in [6.07, 6.45) is 3.84. The van der Waals surface area contributed by atoms with Crippen molar-refractivity contribution in [1.82, 2.24) is 15.0 Å². The van der Waals surface area contributed by atoms with Crippen molar-refractivity contribution in [2.24, 2.45) is 0 Å². The summed E-state index contributed by atoms with van der Waals surface area (Å²) in [6, 6.07) is 3.26. The fraction of sp³-hybridized carbons (Fsp3) is 0.238. The second kappa shape index (κ2) is 9.49. The number of nitrogens with zero attached hydrogens (tertiary/aromatic N) is 4. The Balaban J connectivity index is 0.00000272. The van der Waals surface area contributed by atoms with Crippen molar-refractivity contribution in [3.8, 4) is 0 Å². The van der Waals surface area contributed by atoms with Gasteiger partial charge in [0.25, 0.3) is 5.91 Å². The van der Waals surface area contributed by atoms with Crippen molar-refractivity contribution in [1.29, 1.82) is 0 Å². The van der Waals surface area contributed by atoms with Gasteiger partial charge in [-0.05, 0) is 38.0 Å². The first-order chi connectivity index (χ1) is 14.4. The van der Waals surface area contributed by atoms with Gasteiger partial charge < -0.3 is 10.2 Å². The van der Waals surface area contributed by atoms with Crippen molar-refractivity contribution in [2.45, 2.75) is 20.3 Å². The van der Waals surface area contributed by atoms with Gasteiger partial charge in [0.2, 0.25) is 0 Å². The molecule has 6 nitrogen and oxygen atoms in total. The summed E-state index contributed by atoms with van der Waals surface area (Å²) in [4.78, 5) is 27.6. The third-order valence-electron chi connectivity index (χ3n) is 4.89. The monoisotopic (exact) mass is 463 g/mol. The van der Waals surface area contributed by atoms with Gasteiger partial charge in [-0.15, -0.1) is 23.7 Å². The lowest BCUT2D eigenvalue weighted by Crippen LogP contribution is -2.31. The molecule has 0 bridgehead atoms. The molecule has 0 atom stereocenters. The summed E-state index contributed by atoms with van der Waals surface area (Å²) in [5, 5.41) is 5.39. The summed E-state index contributed by atoms with van der Waals surface area (Å²) in [5.74, 6) is -2.66. The van der Waals surface area contributed by atoms with Crippen molar-refractivity contribution in [3.63, 3.8) is 0 Å². The Morgan fingerprint density at radius 2 is 1.90 bits per heavy atom. The Morgan fingerprint density at radius 1 is 1.16 bits per heavy atom. The highest BCUT2D eigenvalue weighted by molar-refractivity contribution is 7.13. The fourth-order valence-corrected chi connectivity index (χ4v) is 4.08. The van der Waals surface area contributed by atoms with E-state index in [4.69, 9.17) is 0 Å². The molecule has 10 heteroatoms. The Hall–Kier alpha value is -2.91. The van der Waals surface area contributed by atoms with Crippen LogP contribution in [-0.2, 0) is 0 Å². The quantitative estimate of drug-likeness (QED) is 0.597. The SMILES string of the molecule is CC1=C(c2cnc(NC(=O)c3c(F)cccc3F)cn2)CN(c2nc(C)cs2)CC1.Cl. The molecule has 0 fully saturated rings. The van der Waals surface area contributed by atoms with E-state index in [9.17, 15) is 13.6 Å². The standard InChI is InChI=1S/C21H19F2N5OS.ClH/c1-12-6-7-28(21-26-13(2)11-30-21)10-14(12)17-8-25-18(9-24-17)27-20(29)19-15(22)4-3-5-16(19)23;/h3-5,8-9,11H,6-7,10H2,1-2H3,(H,25,27,29);1H. The molecule has 0 radical (unpaired) electrons. The number of hydrogen-bond donors (Lipinski definition) is 1. The normalized spacial score (nSPS) is 13.7. The van der Waals surface area contributed by atoms with E-state index in [1.165, 1.54) is 17.8 Å². The Bertz CT molecular complexity index is 1110. The lowest BCUT2D eigenvalue weighted by molar-refractivity contribution is 0.101. The van der Waals surface area contributed by atoms with Gasteiger partial charge in [0, 0.05) is 18.5 Å². The van der Waals surface area contributed by atoms with Gasteiger partial charge in [-0.1, -0.05) is 11.6 Å². The Morgan fingerprint density at radius 3 is 2.52 bits per heavy atom. The van der Waals surface area contributed by atoms with Crippen LogP contribution in [0.15, 0.2) is 41.5 Å². The number of hydrogen-bond acceptors (Lipinski definition) is 6. The maximum Gasteiger partial charge on any atom is 0.262 e. The summed E-state index contributed by atoms with van der Waals surface area (Å²) in [7, 11) is 0. The van der Waals surface area contributed by atoms with E-state index in [-0.39, 0.29) is 18.2 Å². The maximum atomic E-state index is 13.8. The van der Waals surface area contributed by atoms with Crippen LogP contribution in [0.5, 0.6) is 0 Å².